The average Bonchev–Trinajstić information content (AvgIpc) is 2.86. The second-order valence-corrected chi connectivity index (χ2v) is 7.79. The lowest BCUT2D eigenvalue weighted by atomic mass is 10.1. The van der Waals surface area contributed by atoms with Gasteiger partial charge in [-0.2, -0.15) is 0 Å². The number of fused-ring (bicyclic) bond motifs is 1. The number of ether oxygens (including phenoxy) is 1. The molecule has 0 aliphatic carbocycles. The van der Waals surface area contributed by atoms with E-state index in [1.165, 1.54) is 0 Å². The first-order chi connectivity index (χ1) is 13.4. The van der Waals surface area contributed by atoms with Crippen LogP contribution in [0.1, 0.15) is 35.3 Å². The topological polar surface area (TPSA) is 84.5 Å². The number of nitrogens with one attached hydrogen (secondary N) is 2. The SMILES string of the molecule is C[C@@H](NC(=O)COC(=O)c1ccc2c(c1)NC(=O)CCS2)c1ccccc1Cl. The van der Waals surface area contributed by atoms with Crippen molar-refractivity contribution in [2.45, 2.75) is 24.3 Å². The van der Waals surface area contributed by atoms with E-state index in [0.29, 0.717) is 22.9 Å². The first-order valence-electron chi connectivity index (χ1n) is 8.71. The summed E-state index contributed by atoms with van der Waals surface area (Å²) in [5.41, 5.74) is 1.63. The molecular weight excluding hydrogens is 400 g/mol. The van der Waals surface area contributed by atoms with Crippen LogP contribution in [-0.2, 0) is 14.3 Å². The molecule has 1 atom stereocenters. The number of rotatable bonds is 5. The van der Waals surface area contributed by atoms with Crippen molar-refractivity contribution in [2.24, 2.45) is 0 Å². The fourth-order valence-corrected chi connectivity index (χ4v) is 3.98. The average molecular weight is 419 g/mol. The predicted molar refractivity (Wildman–Crippen MR) is 109 cm³/mol. The number of halogens is 1. The number of amides is 2. The molecule has 8 heteroatoms. The predicted octanol–water partition coefficient (Wildman–Crippen LogP) is 3.81. The molecule has 0 radical (unpaired) electrons. The Hall–Kier alpha value is -2.51. The van der Waals surface area contributed by atoms with Crippen LogP contribution in [0.3, 0.4) is 0 Å². The third kappa shape index (κ3) is 5.05. The van der Waals surface area contributed by atoms with E-state index in [1.807, 2.05) is 18.2 Å². The number of anilines is 1. The lowest BCUT2D eigenvalue weighted by Gasteiger charge is -2.15. The van der Waals surface area contributed by atoms with Gasteiger partial charge in [-0.3, -0.25) is 9.59 Å². The Kier molecular flexibility index (Phi) is 6.59. The third-order valence-electron chi connectivity index (χ3n) is 4.16. The second-order valence-electron chi connectivity index (χ2n) is 6.24. The van der Waals surface area contributed by atoms with Crippen molar-refractivity contribution in [1.82, 2.24) is 5.32 Å². The highest BCUT2D eigenvalue weighted by molar-refractivity contribution is 7.99. The summed E-state index contributed by atoms with van der Waals surface area (Å²) in [4.78, 5) is 37.0. The van der Waals surface area contributed by atoms with Gasteiger partial charge in [0.05, 0.1) is 17.3 Å². The van der Waals surface area contributed by atoms with Gasteiger partial charge >= 0.3 is 5.97 Å². The Balaban J connectivity index is 1.57. The van der Waals surface area contributed by atoms with Crippen molar-refractivity contribution >= 4 is 46.8 Å². The van der Waals surface area contributed by atoms with E-state index >= 15 is 0 Å². The zero-order chi connectivity index (χ0) is 20.1. The fraction of sp³-hybridized carbons (Fsp3) is 0.250. The molecule has 0 spiro atoms. The van der Waals surface area contributed by atoms with Gasteiger partial charge in [-0.1, -0.05) is 29.8 Å². The third-order valence-corrected chi connectivity index (χ3v) is 5.58. The van der Waals surface area contributed by atoms with Gasteiger partial charge in [0.1, 0.15) is 0 Å². The van der Waals surface area contributed by atoms with Crippen LogP contribution in [-0.4, -0.2) is 30.1 Å². The Bertz CT molecular complexity index is 919. The molecule has 0 saturated heterocycles. The summed E-state index contributed by atoms with van der Waals surface area (Å²) in [5.74, 6) is -0.470. The van der Waals surface area contributed by atoms with Gasteiger partial charge in [-0.05, 0) is 36.8 Å². The van der Waals surface area contributed by atoms with Crippen LogP contribution < -0.4 is 10.6 Å². The molecule has 0 aromatic heterocycles. The highest BCUT2D eigenvalue weighted by Crippen LogP contribution is 2.31. The van der Waals surface area contributed by atoms with E-state index < -0.39 is 18.5 Å². The van der Waals surface area contributed by atoms with Crippen molar-refractivity contribution in [1.29, 1.82) is 0 Å². The highest BCUT2D eigenvalue weighted by Gasteiger charge is 2.18. The van der Waals surface area contributed by atoms with E-state index in [-0.39, 0.29) is 17.5 Å². The van der Waals surface area contributed by atoms with E-state index in [2.05, 4.69) is 10.6 Å². The molecule has 0 saturated carbocycles. The van der Waals surface area contributed by atoms with E-state index in [4.69, 9.17) is 16.3 Å². The number of hydrogen-bond acceptors (Lipinski definition) is 5. The van der Waals surface area contributed by atoms with Gasteiger partial charge in [0, 0.05) is 22.1 Å². The minimum Gasteiger partial charge on any atom is -0.452 e. The highest BCUT2D eigenvalue weighted by atomic mass is 35.5. The van der Waals surface area contributed by atoms with Gasteiger partial charge in [0.25, 0.3) is 5.91 Å². The van der Waals surface area contributed by atoms with Gasteiger partial charge < -0.3 is 15.4 Å². The second kappa shape index (κ2) is 9.12. The van der Waals surface area contributed by atoms with Crippen LogP contribution in [0.25, 0.3) is 0 Å². The molecular formula is C20H19ClN2O4S. The largest absolute Gasteiger partial charge is 0.452 e. The Morgan fingerprint density at radius 1 is 1.29 bits per heavy atom. The molecule has 0 bridgehead atoms. The van der Waals surface area contributed by atoms with E-state index in [0.717, 1.165) is 10.5 Å². The number of benzene rings is 2. The van der Waals surface area contributed by atoms with Gasteiger partial charge in [0.15, 0.2) is 6.61 Å². The lowest BCUT2D eigenvalue weighted by Crippen LogP contribution is -2.31. The summed E-state index contributed by atoms with van der Waals surface area (Å²) in [6.07, 6.45) is 0.420. The zero-order valence-corrected chi connectivity index (χ0v) is 16.7. The van der Waals surface area contributed by atoms with Gasteiger partial charge in [0.2, 0.25) is 5.91 Å². The summed E-state index contributed by atoms with van der Waals surface area (Å²) in [5, 5.41) is 6.07. The molecule has 1 aliphatic rings. The zero-order valence-electron chi connectivity index (χ0n) is 15.2. The maximum absolute atomic E-state index is 12.3. The minimum atomic E-state index is -0.633. The van der Waals surface area contributed by atoms with E-state index in [1.54, 1.807) is 43.0 Å². The number of hydrogen-bond donors (Lipinski definition) is 2. The maximum Gasteiger partial charge on any atom is 0.338 e. The monoisotopic (exact) mass is 418 g/mol. The molecule has 0 unspecified atom stereocenters. The molecule has 6 nitrogen and oxygen atoms in total. The minimum absolute atomic E-state index is 0.0929. The Morgan fingerprint density at radius 3 is 2.86 bits per heavy atom. The Labute approximate surface area is 172 Å². The summed E-state index contributed by atoms with van der Waals surface area (Å²) in [7, 11) is 0. The van der Waals surface area contributed by atoms with Crippen LogP contribution in [0, 0.1) is 0 Å². The summed E-state index contributed by atoms with van der Waals surface area (Å²) in [6, 6.07) is 11.8. The number of esters is 1. The summed E-state index contributed by atoms with van der Waals surface area (Å²) in [6.45, 7) is 1.39. The normalized spacial score (nSPS) is 14.3. The molecule has 1 aliphatic heterocycles. The summed E-state index contributed by atoms with van der Waals surface area (Å²) < 4.78 is 5.10. The van der Waals surface area contributed by atoms with Crippen LogP contribution in [0.5, 0.6) is 0 Å². The van der Waals surface area contributed by atoms with Crippen molar-refractivity contribution in [2.75, 3.05) is 17.7 Å². The van der Waals surface area contributed by atoms with E-state index in [9.17, 15) is 14.4 Å². The summed E-state index contributed by atoms with van der Waals surface area (Å²) >= 11 is 7.67. The molecule has 2 amide bonds. The quantitative estimate of drug-likeness (QED) is 0.721. The van der Waals surface area contributed by atoms with Crippen molar-refractivity contribution in [3.8, 4) is 0 Å². The fourth-order valence-electron chi connectivity index (χ4n) is 2.75. The van der Waals surface area contributed by atoms with Crippen molar-refractivity contribution in [3.63, 3.8) is 0 Å². The molecule has 2 aromatic rings. The number of carbonyl (C=O) groups is 3. The molecule has 3 rings (SSSR count). The molecule has 1 heterocycles. The molecule has 2 aromatic carbocycles. The standard InChI is InChI=1S/C20H19ClN2O4S/c1-12(14-4-2-3-5-15(14)21)22-19(25)11-27-20(26)13-6-7-17-16(10-13)23-18(24)8-9-28-17/h2-7,10,12H,8-9,11H2,1H3,(H,22,25)(H,23,24)/t12-/m1/s1. The number of carbonyl (C=O) groups excluding carboxylic acids is 3. The molecule has 0 fully saturated rings. The van der Waals surface area contributed by atoms with Crippen molar-refractivity contribution < 1.29 is 19.1 Å². The number of thioether (sulfide) groups is 1. The maximum atomic E-state index is 12.3. The smallest absolute Gasteiger partial charge is 0.338 e. The van der Waals surface area contributed by atoms with Crippen molar-refractivity contribution in [3.05, 3.63) is 58.6 Å². The van der Waals surface area contributed by atoms with Gasteiger partial charge in [-0.15, -0.1) is 11.8 Å². The molecule has 146 valence electrons. The lowest BCUT2D eigenvalue weighted by molar-refractivity contribution is -0.124. The Morgan fingerprint density at radius 2 is 2.07 bits per heavy atom. The van der Waals surface area contributed by atoms with Crippen LogP contribution >= 0.6 is 23.4 Å². The molecule has 2 N–H and O–H groups in total. The first-order valence-corrected chi connectivity index (χ1v) is 10.1. The van der Waals surface area contributed by atoms with Crippen LogP contribution in [0.4, 0.5) is 5.69 Å². The first kappa shape index (κ1) is 20.2. The van der Waals surface area contributed by atoms with Gasteiger partial charge in [-0.25, -0.2) is 4.79 Å². The molecule has 28 heavy (non-hydrogen) atoms. The van der Waals surface area contributed by atoms with Crippen LogP contribution in [0.15, 0.2) is 47.4 Å². The van der Waals surface area contributed by atoms with Crippen LogP contribution in [0.2, 0.25) is 5.02 Å².